The summed E-state index contributed by atoms with van der Waals surface area (Å²) in [6.45, 7) is 2.19. The molecule has 0 bridgehead atoms. The Bertz CT molecular complexity index is 938. The van der Waals surface area contributed by atoms with Gasteiger partial charge in [-0.3, -0.25) is 15.6 Å². The topological polar surface area (TPSA) is 53.2 Å². The first-order chi connectivity index (χ1) is 13.2. The number of unbranched alkanes of at least 4 members (excludes halogenated alkanes) is 1. The van der Waals surface area contributed by atoms with Crippen LogP contribution in [0, 0.1) is 0 Å². The third-order valence-electron chi connectivity index (χ3n) is 4.33. The lowest BCUT2D eigenvalue weighted by Gasteiger charge is -2.12. The SMILES string of the molecule is CCCCc1ccc(NC(=S)NNC(=O)c2ccc3ccccc3c2)cc1. The average Bonchev–Trinajstić information content (AvgIpc) is 2.71. The molecule has 3 aromatic rings. The minimum atomic E-state index is -0.236. The van der Waals surface area contributed by atoms with E-state index in [1.54, 1.807) is 6.07 Å². The lowest BCUT2D eigenvalue weighted by Crippen LogP contribution is -2.43. The normalized spacial score (nSPS) is 10.4. The Morgan fingerprint density at radius 1 is 0.926 bits per heavy atom. The highest BCUT2D eigenvalue weighted by atomic mass is 32.1. The number of rotatable bonds is 5. The number of hydrogen-bond donors (Lipinski definition) is 3. The van der Waals surface area contributed by atoms with Gasteiger partial charge < -0.3 is 5.32 Å². The number of hydrogen-bond acceptors (Lipinski definition) is 2. The van der Waals surface area contributed by atoms with Crippen LogP contribution in [0.3, 0.4) is 0 Å². The van der Waals surface area contributed by atoms with E-state index in [0.717, 1.165) is 22.9 Å². The first kappa shape index (κ1) is 18.9. The van der Waals surface area contributed by atoms with Crippen molar-refractivity contribution >= 4 is 39.7 Å². The standard InChI is InChI=1S/C22H23N3OS/c1-2-3-6-16-9-13-20(14-10-16)23-22(27)25-24-21(26)19-12-11-17-7-4-5-8-18(17)15-19/h4-5,7-15H,2-3,6H2,1H3,(H,24,26)(H2,23,25,27). The van der Waals surface area contributed by atoms with E-state index < -0.39 is 0 Å². The van der Waals surface area contributed by atoms with Crippen LogP contribution in [0.4, 0.5) is 5.69 Å². The Morgan fingerprint density at radius 2 is 1.67 bits per heavy atom. The second kappa shape index (κ2) is 9.14. The summed E-state index contributed by atoms with van der Waals surface area (Å²) in [5.74, 6) is -0.236. The maximum Gasteiger partial charge on any atom is 0.269 e. The van der Waals surface area contributed by atoms with Crippen molar-refractivity contribution in [3.05, 3.63) is 77.9 Å². The molecule has 0 aliphatic carbocycles. The first-order valence-corrected chi connectivity index (χ1v) is 9.51. The maximum absolute atomic E-state index is 12.3. The summed E-state index contributed by atoms with van der Waals surface area (Å²) in [5.41, 5.74) is 8.14. The number of carbonyl (C=O) groups excluding carboxylic acids is 1. The molecule has 5 heteroatoms. The summed E-state index contributed by atoms with van der Waals surface area (Å²) < 4.78 is 0. The molecule has 0 heterocycles. The largest absolute Gasteiger partial charge is 0.331 e. The number of benzene rings is 3. The molecule has 0 unspecified atom stereocenters. The van der Waals surface area contributed by atoms with Gasteiger partial charge in [-0.15, -0.1) is 0 Å². The molecular formula is C22H23N3OS. The Labute approximate surface area is 164 Å². The zero-order valence-corrected chi connectivity index (χ0v) is 16.1. The molecule has 0 saturated heterocycles. The fraction of sp³-hybridized carbons (Fsp3) is 0.182. The molecule has 0 radical (unpaired) electrons. The van der Waals surface area contributed by atoms with Crippen LogP contribution in [0.2, 0.25) is 0 Å². The third kappa shape index (κ3) is 5.28. The average molecular weight is 378 g/mol. The number of thiocarbonyl (C=S) groups is 1. The van der Waals surface area contributed by atoms with E-state index in [9.17, 15) is 4.79 Å². The molecule has 0 atom stereocenters. The van der Waals surface area contributed by atoms with Gasteiger partial charge in [0.15, 0.2) is 5.11 Å². The van der Waals surface area contributed by atoms with E-state index in [4.69, 9.17) is 12.2 Å². The summed E-state index contributed by atoms with van der Waals surface area (Å²) in [5, 5.41) is 5.53. The molecule has 0 aliphatic rings. The van der Waals surface area contributed by atoms with E-state index in [1.165, 1.54) is 18.4 Å². The van der Waals surface area contributed by atoms with Crippen LogP contribution >= 0.6 is 12.2 Å². The lowest BCUT2D eigenvalue weighted by atomic mass is 10.1. The molecule has 138 valence electrons. The Kier molecular flexibility index (Phi) is 6.39. The number of aryl methyl sites for hydroxylation is 1. The van der Waals surface area contributed by atoms with Crippen molar-refractivity contribution in [2.75, 3.05) is 5.32 Å². The van der Waals surface area contributed by atoms with Crippen molar-refractivity contribution in [3.8, 4) is 0 Å². The number of amides is 1. The van der Waals surface area contributed by atoms with Crippen LogP contribution < -0.4 is 16.2 Å². The first-order valence-electron chi connectivity index (χ1n) is 9.11. The molecule has 0 saturated carbocycles. The number of fused-ring (bicyclic) bond motifs is 1. The summed E-state index contributed by atoms with van der Waals surface area (Å²) in [4.78, 5) is 12.3. The molecular weight excluding hydrogens is 354 g/mol. The van der Waals surface area contributed by atoms with Crippen LogP contribution in [0.15, 0.2) is 66.7 Å². The maximum atomic E-state index is 12.3. The van der Waals surface area contributed by atoms with Crippen LogP contribution in [-0.2, 0) is 6.42 Å². The van der Waals surface area contributed by atoms with E-state index in [0.29, 0.717) is 10.7 Å². The van der Waals surface area contributed by atoms with E-state index in [-0.39, 0.29) is 5.91 Å². The number of hydrazine groups is 1. The number of anilines is 1. The zero-order valence-electron chi connectivity index (χ0n) is 15.3. The molecule has 0 spiro atoms. The minimum Gasteiger partial charge on any atom is -0.331 e. The summed E-state index contributed by atoms with van der Waals surface area (Å²) >= 11 is 5.25. The number of carbonyl (C=O) groups is 1. The van der Waals surface area contributed by atoms with E-state index in [2.05, 4.69) is 35.2 Å². The Balaban J connectivity index is 1.52. The molecule has 0 aromatic heterocycles. The molecule has 27 heavy (non-hydrogen) atoms. The van der Waals surface area contributed by atoms with Crippen molar-refractivity contribution in [2.45, 2.75) is 26.2 Å². The molecule has 0 fully saturated rings. The van der Waals surface area contributed by atoms with Crippen LogP contribution in [-0.4, -0.2) is 11.0 Å². The lowest BCUT2D eigenvalue weighted by molar-refractivity contribution is 0.0944. The van der Waals surface area contributed by atoms with Crippen molar-refractivity contribution in [3.63, 3.8) is 0 Å². The molecule has 3 aromatic carbocycles. The molecule has 3 rings (SSSR count). The van der Waals surface area contributed by atoms with Crippen molar-refractivity contribution < 1.29 is 4.79 Å². The molecule has 0 aliphatic heterocycles. The van der Waals surface area contributed by atoms with Gasteiger partial charge >= 0.3 is 0 Å². The van der Waals surface area contributed by atoms with E-state index in [1.807, 2.05) is 48.5 Å². The minimum absolute atomic E-state index is 0.236. The van der Waals surface area contributed by atoms with Gasteiger partial charge in [0.25, 0.3) is 5.91 Å². The highest BCUT2D eigenvalue weighted by Crippen LogP contribution is 2.15. The van der Waals surface area contributed by atoms with Crippen LogP contribution in [0.25, 0.3) is 10.8 Å². The van der Waals surface area contributed by atoms with Gasteiger partial charge in [0.05, 0.1) is 0 Å². The highest BCUT2D eigenvalue weighted by molar-refractivity contribution is 7.80. The predicted octanol–water partition coefficient (Wildman–Crippen LogP) is 4.81. The van der Waals surface area contributed by atoms with Crippen molar-refractivity contribution in [1.82, 2.24) is 10.9 Å². The van der Waals surface area contributed by atoms with Crippen LogP contribution in [0.1, 0.15) is 35.7 Å². The summed E-state index contributed by atoms with van der Waals surface area (Å²) in [7, 11) is 0. The molecule has 1 amide bonds. The second-order valence-corrected chi connectivity index (χ2v) is 6.80. The van der Waals surface area contributed by atoms with Gasteiger partial charge in [-0.1, -0.05) is 55.8 Å². The van der Waals surface area contributed by atoms with E-state index >= 15 is 0 Å². The monoisotopic (exact) mass is 377 g/mol. The fourth-order valence-electron chi connectivity index (χ4n) is 2.81. The summed E-state index contributed by atoms with van der Waals surface area (Å²) in [6, 6.07) is 21.7. The Morgan fingerprint density at radius 3 is 2.41 bits per heavy atom. The molecule has 4 nitrogen and oxygen atoms in total. The van der Waals surface area contributed by atoms with Gasteiger partial charge in [-0.05, 0) is 65.7 Å². The van der Waals surface area contributed by atoms with Gasteiger partial charge in [0, 0.05) is 11.3 Å². The Hall–Kier alpha value is -2.92. The van der Waals surface area contributed by atoms with Gasteiger partial charge in [0.2, 0.25) is 0 Å². The van der Waals surface area contributed by atoms with Crippen molar-refractivity contribution in [2.24, 2.45) is 0 Å². The molecule has 3 N–H and O–H groups in total. The van der Waals surface area contributed by atoms with Gasteiger partial charge in [0.1, 0.15) is 0 Å². The van der Waals surface area contributed by atoms with Gasteiger partial charge in [-0.2, -0.15) is 0 Å². The van der Waals surface area contributed by atoms with Crippen molar-refractivity contribution in [1.29, 1.82) is 0 Å². The fourth-order valence-corrected chi connectivity index (χ4v) is 2.98. The smallest absolute Gasteiger partial charge is 0.269 e. The third-order valence-corrected chi connectivity index (χ3v) is 4.54. The number of nitrogens with one attached hydrogen (secondary N) is 3. The summed E-state index contributed by atoms with van der Waals surface area (Å²) in [6.07, 6.45) is 3.46. The highest BCUT2D eigenvalue weighted by Gasteiger charge is 2.07. The van der Waals surface area contributed by atoms with Crippen LogP contribution in [0.5, 0.6) is 0 Å². The second-order valence-electron chi connectivity index (χ2n) is 6.40. The van der Waals surface area contributed by atoms with Gasteiger partial charge in [-0.25, -0.2) is 0 Å². The zero-order chi connectivity index (χ0) is 19.1. The predicted molar refractivity (Wildman–Crippen MR) is 116 cm³/mol. The quantitative estimate of drug-likeness (QED) is 0.441.